The molecule has 1 aliphatic rings. The Bertz CT molecular complexity index is 560. The summed E-state index contributed by atoms with van der Waals surface area (Å²) in [6.45, 7) is 2.62. The summed E-state index contributed by atoms with van der Waals surface area (Å²) >= 11 is 9.18. The highest BCUT2D eigenvalue weighted by Gasteiger charge is 2.34. The Balaban J connectivity index is 1.88. The second-order valence-electron chi connectivity index (χ2n) is 5.04. The summed E-state index contributed by atoms with van der Waals surface area (Å²) in [4.78, 5) is 24.3. The van der Waals surface area contributed by atoms with E-state index in [0.717, 1.165) is 0 Å². The number of rotatable bonds is 5. The van der Waals surface area contributed by atoms with E-state index >= 15 is 0 Å². The quantitative estimate of drug-likeness (QED) is 0.858. The van der Waals surface area contributed by atoms with Gasteiger partial charge in [-0.05, 0) is 41.1 Å². The lowest BCUT2D eigenvalue weighted by Gasteiger charge is -2.39. The lowest BCUT2D eigenvalue weighted by Crippen LogP contribution is -2.54. The molecule has 5 nitrogen and oxygen atoms in total. The molecular weight excluding hydrogens is 362 g/mol. The summed E-state index contributed by atoms with van der Waals surface area (Å²) in [6, 6.07) is 5.07. The number of likely N-dealkylation sites (tertiary alicyclic amines) is 1. The zero-order chi connectivity index (χ0) is 15.6. The molecule has 1 amide bonds. The second kappa shape index (κ2) is 6.66. The first kappa shape index (κ1) is 16.1. The SMILES string of the molecule is CC(Oc1ccc(Cl)cc1Br)C(=O)N1CC(CC(=O)O)C1. The van der Waals surface area contributed by atoms with Crippen molar-refractivity contribution in [2.24, 2.45) is 5.92 Å². The van der Waals surface area contributed by atoms with E-state index in [1.54, 1.807) is 30.0 Å². The van der Waals surface area contributed by atoms with Crippen molar-refractivity contribution in [2.75, 3.05) is 13.1 Å². The zero-order valence-corrected chi connectivity index (χ0v) is 13.7. The monoisotopic (exact) mass is 375 g/mol. The summed E-state index contributed by atoms with van der Waals surface area (Å²) < 4.78 is 6.30. The standard InChI is InChI=1S/C14H15BrClNO4/c1-8(21-12-3-2-10(16)5-11(12)15)14(20)17-6-9(7-17)4-13(18)19/h2-3,5,8-9H,4,6-7H2,1H3,(H,18,19). The molecule has 1 unspecified atom stereocenters. The minimum absolute atomic E-state index is 0.0425. The summed E-state index contributed by atoms with van der Waals surface area (Å²) in [6.07, 6.45) is -0.532. The first-order chi connectivity index (χ1) is 9.86. The third-order valence-corrected chi connectivity index (χ3v) is 4.13. The number of halogens is 2. The third-order valence-electron chi connectivity index (χ3n) is 3.28. The van der Waals surface area contributed by atoms with Crippen LogP contribution in [0.25, 0.3) is 0 Å². The number of ether oxygens (including phenoxy) is 1. The molecule has 1 fully saturated rings. The van der Waals surface area contributed by atoms with E-state index in [4.69, 9.17) is 21.4 Å². The maximum absolute atomic E-state index is 12.2. The van der Waals surface area contributed by atoms with Crippen LogP contribution in [0.2, 0.25) is 5.02 Å². The van der Waals surface area contributed by atoms with E-state index in [-0.39, 0.29) is 18.2 Å². The van der Waals surface area contributed by atoms with Crippen molar-refractivity contribution in [1.82, 2.24) is 4.90 Å². The third kappa shape index (κ3) is 4.11. The minimum atomic E-state index is -0.832. The van der Waals surface area contributed by atoms with Gasteiger partial charge in [-0.3, -0.25) is 9.59 Å². The van der Waals surface area contributed by atoms with Gasteiger partial charge in [-0.15, -0.1) is 0 Å². The van der Waals surface area contributed by atoms with Crippen LogP contribution >= 0.6 is 27.5 Å². The number of carboxylic acid groups (broad SMARTS) is 1. The number of hydrogen-bond donors (Lipinski definition) is 1. The van der Waals surface area contributed by atoms with Crippen LogP contribution in [0.4, 0.5) is 0 Å². The number of benzene rings is 1. The summed E-state index contributed by atoms with van der Waals surface area (Å²) in [5, 5.41) is 9.26. The molecule has 0 saturated carbocycles. The van der Waals surface area contributed by atoms with Crippen LogP contribution in [0.5, 0.6) is 5.75 Å². The van der Waals surface area contributed by atoms with Gasteiger partial charge in [0.15, 0.2) is 6.10 Å². The van der Waals surface area contributed by atoms with E-state index in [1.165, 1.54) is 0 Å². The molecule has 1 aromatic carbocycles. The van der Waals surface area contributed by atoms with Gasteiger partial charge in [0, 0.05) is 24.0 Å². The average molecular weight is 377 g/mol. The Hall–Kier alpha value is -1.27. The van der Waals surface area contributed by atoms with Crippen LogP contribution in [-0.2, 0) is 9.59 Å². The van der Waals surface area contributed by atoms with Crippen LogP contribution in [0.1, 0.15) is 13.3 Å². The van der Waals surface area contributed by atoms with Gasteiger partial charge in [0.05, 0.1) is 10.9 Å². The van der Waals surface area contributed by atoms with E-state index in [0.29, 0.717) is 28.3 Å². The summed E-state index contributed by atoms with van der Waals surface area (Å²) in [5.41, 5.74) is 0. The number of amides is 1. The molecular formula is C14H15BrClNO4. The van der Waals surface area contributed by atoms with Crippen LogP contribution in [-0.4, -0.2) is 41.1 Å². The predicted octanol–water partition coefficient (Wildman–Crippen LogP) is 2.80. The van der Waals surface area contributed by atoms with Crippen LogP contribution in [0.15, 0.2) is 22.7 Å². The van der Waals surface area contributed by atoms with Crippen molar-refractivity contribution >= 4 is 39.4 Å². The molecule has 1 heterocycles. The van der Waals surface area contributed by atoms with Crippen molar-refractivity contribution in [2.45, 2.75) is 19.4 Å². The van der Waals surface area contributed by atoms with Crippen molar-refractivity contribution in [1.29, 1.82) is 0 Å². The molecule has 1 N–H and O–H groups in total. The first-order valence-electron chi connectivity index (χ1n) is 6.49. The smallest absolute Gasteiger partial charge is 0.303 e. The maximum Gasteiger partial charge on any atom is 0.303 e. The summed E-state index contributed by atoms with van der Waals surface area (Å²) in [7, 11) is 0. The molecule has 21 heavy (non-hydrogen) atoms. The van der Waals surface area contributed by atoms with Gasteiger partial charge in [-0.2, -0.15) is 0 Å². The molecule has 0 bridgehead atoms. The lowest BCUT2D eigenvalue weighted by atomic mass is 9.96. The Morgan fingerprint density at radius 2 is 2.19 bits per heavy atom. The summed E-state index contributed by atoms with van der Waals surface area (Å²) in [5.74, 6) is -0.385. The number of carbonyl (C=O) groups is 2. The van der Waals surface area contributed by atoms with Gasteiger partial charge in [-0.1, -0.05) is 11.6 Å². The number of nitrogens with zero attached hydrogens (tertiary/aromatic N) is 1. The van der Waals surface area contributed by atoms with E-state index < -0.39 is 12.1 Å². The Kier molecular flexibility index (Phi) is 5.11. The van der Waals surface area contributed by atoms with E-state index in [1.807, 2.05) is 0 Å². The fraction of sp³-hybridized carbons (Fsp3) is 0.429. The van der Waals surface area contributed by atoms with Gasteiger partial charge >= 0.3 is 5.97 Å². The minimum Gasteiger partial charge on any atom is -0.481 e. The van der Waals surface area contributed by atoms with Crippen LogP contribution < -0.4 is 4.74 Å². The van der Waals surface area contributed by atoms with Gasteiger partial charge < -0.3 is 14.7 Å². The molecule has 0 spiro atoms. The predicted molar refractivity (Wildman–Crippen MR) is 81.6 cm³/mol. The van der Waals surface area contributed by atoms with Crippen molar-refractivity contribution in [3.8, 4) is 5.75 Å². The Morgan fingerprint density at radius 1 is 1.52 bits per heavy atom. The normalized spacial score (nSPS) is 16.2. The van der Waals surface area contributed by atoms with Gasteiger partial charge in [-0.25, -0.2) is 0 Å². The Morgan fingerprint density at radius 3 is 2.76 bits per heavy atom. The molecule has 1 atom stereocenters. The molecule has 7 heteroatoms. The zero-order valence-electron chi connectivity index (χ0n) is 11.4. The molecule has 0 radical (unpaired) electrons. The van der Waals surface area contributed by atoms with Crippen molar-refractivity contribution < 1.29 is 19.4 Å². The fourth-order valence-electron chi connectivity index (χ4n) is 2.19. The van der Waals surface area contributed by atoms with E-state index in [9.17, 15) is 9.59 Å². The number of carboxylic acids is 1. The van der Waals surface area contributed by atoms with Crippen LogP contribution in [0.3, 0.4) is 0 Å². The molecule has 114 valence electrons. The average Bonchev–Trinajstić information content (AvgIpc) is 2.35. The highest BCUT2D eigenvalue weighted by atomic mass is 79.9. The molecule has 1 aliphatic heterocycles. The highest BCUT2D eigenvalue weighted by molar-refractivity contribution is 9.10. The fourth-order valence-corrected chi connectivity index (χ4v) is 2.97. The van der Waals surface area contributed by atoms with Crippen molar-refractivity contribution in [3.05, 3.63) is 27.7 Å². The Labute approximate surface area is 136 Å². The molecule has 0 aromatic heterocycles. The number of hydrogen-bond acceptors (Lipinski definition) is 3. The lowest BCUT2D eigenvalue weighted by molar-refractivity contribution is -0.149. The molecule has 0 aliphatic carbocycles. The second-order valence-corrected chi connectivity index (χ2v) is 6.33. The largest absolute Gasteiger partial charge is 0.481 e. The first-order valence-corrected chi connectivity index (χ1v) is 7.66. The highest BCUT2D eigenvalue weighted by Crippen LogP contribution is 2.29. The van der Waals surface area contributed by atoms with Crippen molar-refractivity contribution in [3.63, 3.8) is 0 Å². The molecule has 1 saturated heterocycles. The number of carbonyl (C=O) groups excluding carboxylic acids is 1. The van der Waals surface area contributed by atoms with Gasteiger partial charge in [0.1, 0.15) is 5.75 Å². The molecule has 2 rings (SSSR count). The maximum atomic E-state index is 12.2. The van der Waals surface area contributed by atoms with Gasteiger partial charge in [0.25, 0.3) is 5.91 Å². The van der Waals surface area contributed by atoms with Crippen LogP contribution in [0, 0.1) is 5.92 Å². The van der Waals surface area contributed by atoms with Gasteiger partial charge in [0.2, 0.25) is 0 Å². The molecule has 1 aromatic rings. The topological polar surface area (TPSA) is 66.8 Å². The van der Waals surface area contributed by atoms with E-state index in [2.05, 4.69) is 15.9 Å². The number of aliphatic carboxylic acids is 1.